The van der Waals surface area contributed by atoms with E-state index in [-0.39, 0.29) is 11.8 Å². The topological polar surface area (TPSA) is 43.9 Å². The molecule has 26 heavy (non-hydrogen) atoms. The Labute approximate surface area is 158 Å². The molecule has 1 saturated heterocycles. The van der Waals surface area contributed by atoms with Crippen molar-refractivity contribution in [2.75, 3.05) is 44.2 Å². The number of hydrogen-bond donors (Lipinski definition) is 0. The zero-order chi connectivity index (χ0) is 18.4. The molecule has 0 spiro atoms. The van der Waals surface area contributed by atoms with Gasteiger partial charge in [0.15, 0.2) is 0 Å². The van der Waals surface area contributed by atoms with Crippen LogP contribution in [-0.2, 0) is 4.79 Å². The number of para-hydroxylation sites is 1. The van der Waals surface area contributed by atoms with Crippen LogP contribution in [-0.4, -0.2) is 60.9 Å². The summed E-state index contributed by atoms with van der Waals surface area (Å²) < 4.78 is 0. The van der Waals surface area contributed by atoms with Gasteiger partial charge in [0.05, 0.1) is 12.1 Å². The van der Waals surface area contributed by atoms with Gasteiger partial charge in [0.1, 0.15) is 0 Å². The SMILES string of the molecule is CCN(C(=O)CN1CCCN(C(=O)c2ccsc2)CC1)c1ccccc1. The predicted octanol–water partition coefficient (Wildman–Crippen LogP) is 2.95. The summed E-state index contributed by atoms with van der Waals surface area (Å²) in [6.07, 6.45) is 0.890. The van der Waals surface area contributed by atoms with E-state index in [1.54, 1.807) is 11.3 Å². The molecule has 1 aliphatic heterocycles. The van der Waals surface area contributed by atoms with Gasteiger partial charge in [-0.25, -0.2) is 0 Å². The molecule has 138 valence electrons. The van der Waals surface area contributed by atoms with Crippen molar-refractivity contribution in [1.29, 1.82) is 0 Å². The first-order chi connectivity index (χ1) is 12.7. The minimum atomic E-state index is 0.0962. The van der Waals surface area contributed by atoms with E-state index in [4.69, 9.17) is 0 Å². The Morgan fingerprint density at radius 3 is 2.58 bits per heavy atom. The summed E-state index contributed by atoms with van der Waals surface area (Å²) in [6, 6.07) is 11.7. The standard InChI is InChI=1S/C20H25N3O2S/c1-2-23(18-7-4-3-5-8-18)19(24)15-21-10-6-11-22(13-12-21)20(25)17-9-14-26-16-17/h3-5,7-9,14,16H,2,6,10-13,15H2,1H3. The Morgan fingerprint density at radius 2 is 1.88 bits per heavy atom. The lowest BCUT2D eigenvalue weighted by molar-refractivity contribution is -0.119. The smallest absolute Gasteiger partial charge is 0.254 e. The molecular formula is C20H25N3O2S. The number of carbonyl (C=O) groups is 2. The van der Waals surface area contributed by atoms with Gasteiger partial charge in [0, 0.05) is 43.8 Å². The van der Waals surface area contributed by atoms with Crippen LogP contribution in [0.5, 0.6) is 0 Å². The number of amides is 2. The van der Waals surface area contributed by atoms with Crippen LogP contribution in [0, 0.1) is 0 Å². The van der Waals surface area contributed by atoms with Gasteiger partial charge in [-0.1, -0.05) is 18.2 Å². The Hall–Kier alpha value is -2.18. The van der Waals surface area contributed by atoms with Gasteiger partial charge in [0.2, 0.25) is 5.91 Å². The van der Waals surface area contributed by atoms with E-state index in [9.17, 15) is 9.59 Å². The van der Waals surface area contributed by atoms with Crippen LogP contribution in [0.1, 0.15) is 23.7 Å². The Kier molecular flexibility index (Phi) is 6.41. The number of thiophene rings is 1. The number of anilines is 1. The maximum Gasteiger partial charge on any atom is 0.254 e. The number of hydrogen-bond acceptors (Lipinski definition) is 4. The molecule has 0 bridgehead atoms. The Morgan fingerprint density at radius 1 is 1.08 bits per heavy atom. The van der Waals surface area contributed by atoms with E-state index in [0.29, 0.717) is 19.6 Å². The molecule has 2 aromatic rings. The van der Waals surface area contributed by atoms with Crippen LogP contribution >= 0.6 is 11.3 Å². The number of carbonyl (C=O) groups excluding carboxylic acids is 2. The second-order valence-electron chi connectivity index (χ2n) is 6.41. The summed E-state index contributed by atoms with van der Waals surface area (Å²) in [6.45, 7) is 6.02. The Balaban J connectivity index is 1.57. The zero-order valence-corrected chi connectivity index (χ0v) is 16.0. The molecule has 5 nitrogen and oxygen atoms in total. The molecule has 1 aromatic carbocycles. The van der Waals surface area contributed by atoms with E-state index < -0.39 is 0 Å². The third kappa shape index (κ3) is 4.51. The summed E-state index contributed by atoms with van der Waals surface area (Å²) >= 11 is 1.54. The van der Waals surface area contributed by atoms with Crippen molar-refractivity contribution in [2.45, 2.75) is 13.3 Å². The van der Waals surface area contributed by atoms with Gasteiger partial charge >= 0.3 is 0 Å². The van der Waals surface area contributed by atoms with Gasteiger partial charge in [-0.05, 0) is 36.9 Å². The highest BCUT2D eigenvalue weighted by Crippen LogP contribution is 2.15. The maximum atomic E-state index is 12.8. The zero-order valence-electron chi connectivity index (χ0n) is 15.1. The molecule has 3 rings (SSSR count). The molecular weight excluding hydrogens is 346 g/mol. The molecule has 0 N–H and O–H groups in total. The average molecular weight is 372 g/mol. The fourth-order valence-electron chi connectivity index (χ4n) is 3.29. The lowest BCUT2D eigenvalue weighted by Crippen LogP contribution is -2.42. The highest BCUT2D eigenvalue weighted by Gasteiger charge is 2.23. The molecule has 0 saturated carbocycles. The van der Waals surface area contributed by atoms with Gasteiger partial charge in [-0.15, -0.1) is 0 Å². The van der Waals surface area contributed by atoms with Crippen molar-refractivity contribution in [3.63, 3.8) is 0 Å². The molecule has 2 amide bonds. The van der Waals surface area contributed by atoms with Gasteiger partial charge < -0.3 is 9.80 Å². The molecule has 1 aliphatic rings. The van der Waals surface area contributed by atoms with E-state index in [1.165, 1.54) is 0 Å². The van der Waals surface area contributed by atoms with Gasteiger partial charge in [0.25, 0.3) is 5.91 Å². The molecule has 0 radical (unpaired) electrons. The molecule has 1 aromatic heterocycles. The number of benzene rings is 1. The summed E-state index contributed by atoms with van der Waals surface area (Å²) in [7, 11) is 0. The van der Waals surface area contributed by atoms with Crippen molar-refractivity contribution >= 4 is 28.8 Å². The fraction of sp³-hybridized carbons (Fsp3) is 0.400. The van der Waals surface area contributed by atoms with Crippen LogP contribution in [0.25, 0.3) is 0 Å². The van der Waals surface area contributed by atoms with Crippen molar-refractivity contribution in [2.24, 2.45) is 0 Å². The second kappa shape index (κ2) is 8.96. The molecule has 0 unspecified atom stereocenters. The number of rotatable bonds is 5. The summed E-state index contributed by atoms with van der Waals surface area (Å²) in [5.41, 5.74) is 1.70. The van der Waals surface area contributed by atoms with Gasteiger partial charge in [-0.2, -0.15) is 11.3 Å². The van der Waals surface area contributed by atoms with E-state index in [1.807, 2.05) is 63.9 Å². The van der Waals surface area contributed by atoms with Crippen molar-refractivity contribution < 1.29 is 9.59 Å². The minimum Gasteiger partial charge on any atom is -0.337 e. The highest BCUT2D eigenvalue weighted by molar-refractivity contribution is 7.08. The third-order valence-electron chi connectivity index (χ3n) is 4.69. The van der Waals surface area contributed by atoms with Crippen molar-refractivity contribution in [1.82, 2.24) is 9.80 Å². The average Bonchev–Trinajstić information content (AvgIpc) is 3.10. The van der Waals surface area contributed by atoms with E-state index >= 15 is 0 Å². The van der Waals surface area contributed by atoms with Crippen LogP contribution in [0.2, 0.25) is 0 Å². The fourth-order valence-corrected chi connectivity index (χ4v) is 3.92. The first kappa shape index (κ1) is 18.6. The quantitative estimate of drug-likeness (QED) is 0.812. The first-order valence-electron chi connectivity index (χ1n) is 9.08. The van der Waals surface area contributed by atoms with Gasteiger partial charge in [-0.3, -0.25) is 14.5 Å². The predicted molar refractivity (Wildman–Crippen MR) is 106 cm³/mol. The third-order valence-corrected chi connectivity index (χ3v) is 5.37. The minimum absolute atomic E-state index is 0.0962. The first-order valence-corrected chi connectivity index (χ1v) is 10.0. The maximum absolute atomic E-state index is 12.8. The second-order valence-corrected chi connectivity index (χ2v) is 7.19. The normalized spacial score (nSPS) is 15.5. The molecule has 6 heteroatoms. The highest BCUT2D eigenvalue weighted by atomic mass is 32.1. The van der Waals surface area contributed by atoms with Crippen molar-refractivity contribution in [3.8, 4) is 0 Å². The van der Waals surface area contributed by atoms with Crippen molar-refractivity contribution in [3.05, 3.63) is 52.7 Å². The lowest BCUT2D eigenvalue weighted by Gasteiger charge is -2.26. The van der Waals surface area contributed by atoms with E-state index in [2.05, 4.69) is 4.90 Å². The molecule has 0 atom stereocenters. The summed E-state index contributed by atoms with van der Waals surface area (Å²) in [5, 5.41) is 3.83. The molecule has 0 aliphatic carbocycles. The number of nitrogens with zero attached hydrogens (tertiary/aromatic N) is 3. The lowest BCUT2D eigenvalue weighted by atomic mass is 10.2. The molecule has 2 heterocycles. The van der Waals surface area contributed by atoms with E-state index in [0.717, 1.165) is 37.3 Å². The molecule has 1 fully saturated rings. The largest absolute Gasteiger partial charge is 0.337 e. The van der Waals surface area contributed by atoms with Crippen LogP contribution in [0.4, 0.5) is 5.69 Å². The van der Waals surface area contributed by atoms with Crippen LogP contribution in [0.3, 0.4) is 0 Å². The van der Waals surface area contributed by atoms with Crippen LogP contribution < -0.4 is 4.90 Å². The Bertz CT molecular complexity index is 718. The summed E-state index contributed by atoms with van der Waals surface area (Å²) in [4.78, 5) is 31.2. The monoisotopic (exact) mass is 371 g/mol. The van der Waals surface area contributed by atoms with Crippen LogP contribution in [0.15, 0.2) is 47.2 Å². The summed E-state index contributed by atoms with van der Waals surface area (Å²) in [5.74, 6) is 0.204. The number of likely N-dealkylation sites (N-methyl/N-ethyl adjacent to an activating group) is 1.